The molecule has 2 aromatic rings. The fraction of sp³-hybridized carbons (Fsp3) is 0.560. The van der Waals surface area contributed by atoms with Gasteiger partial charge in [-0.2, -0.15) is 10.2 Å². The molecule has 186 valence electrons. The van der Waals surface area contributed by atoms with E-state index in [2.05, 4.69) is 45.0 Å². The van der Waals surface area contributed by atoms with Crippen LogP contribution < -0.4 is 16.0 Å². The van der Waals surface area contributed by atoms with Crippen LogP contribution in [0.25, 0.3) is 0 Å². The van der Waals surface area contributed by atoms with Gasteiger partial charge in [0, 0.05) is 48.9 Å². The van der Waals surface area contributed by atoms with E-state index in [9.17, 15) is 9.65 Å². The summed E-state index contributed by atoms with van der Waals surface area (Å²) in [5.74, 6) is 0.0521. The molecule has 0 spiro atoms. The van der Waals surface area contributed by atoms with Crippen molar-refractivity contribution in [3.63, 3.8) is 0 Å². The Kier molecular flexibility index (Phi) is 6.47. The molecule has 0 amide bonds. The molecule has 0 aliphatic carbocycles. The maximum atomic E-state index is 14.2. The van der Waals surface area contributed by atoms with Crippen LogP contribution in [0.5, 0.6) is 0 Å². The lowest BCUT2D eigenvalue weighted by Gasteiger charge is -2.48. The summed E-state index contributed by atoms with van der Waals surface area (Å²) in [6.07, 6.45) is 3.97. The molecular weight excluding hydrogens is 469 g/mol. The number of ether oxygens (including phenoxy) is 1. The number of nitrogens with one attached hydrogen (secondary N) is 1. The smallest absolute Gasteiger partial charge is 0.224 e. The van der Waals surface area contributed by atoms with Crippen molar-refractivity contribution in [2.45, 2.75) is 56.8 Å². The first-order valence-corrected chi connectivity index (χ1v) is 12.5. The molecule has 0 radical (unpaired) electrons. The van der Waals surface area contributed by atoms with Crippen LogP contribution in [-0.4, -0.2) is 64.8 Å². The van der Waals surface area contributed by atoms with E-state index in [1.807, 2.05) is 12.1 Å². The molecule has 3 aliphatic rings. The van der Waals surface area contributed by atoms with E-state index in [0.29, 0.717) is 29.8 Å². The molecule has 3 N–H and O–H groups in total. The Hall–Kier alpha value is -2.67. The molecule has 2 unspecified atom stereocenters. The van der Waals surface area contributed by atoms with Gasteiger partial charge in [0.1, 0.15) is 6.07 Å². The maximum Gasteiger partial charge on any atom is 0.224 e. The summed E-state index contributed by atoms with van der Waals surface area (Å²) in [5.41, 5.74) is 7.95. The second-order valence-corrected chi connectivity index (χ2v) is 10.8. The summed E-state index contributed by atoms with van der Waals surface area (Å²) in [7, 11) is 0. The van der Waals surface area contributed by atoms with E-state index in [1.54, 1.807) is 6.07 Å². The Balaban J connectivity index is 1.28. The zero-order valence-corrected chi connectivity index (χ0v) is 20.8. The van der Waals surface area contributed by atoms with Gasteiger partial charge in [-0.3, -0.25) is 4.90 Å². The van der Waals surface area contributed by atoms with Crippen LogP contribution >= 0.6 is 11.6 Å². The second-order valence-electron chi connectivity index (χ2n) is 10.5. The summed E-state index contributed by atoms with van der Waals surface area (Å²) in [5, 5.41) is 12.9. The van der Waals surface area contributed by atoms with Gasteiger partial charge in [-0.1, -0.05) is 0 Å². The van der Waals surface area contributed by atoms with Crippen LogP contribution in [0.3, 0.4) is 0 Å². The number of nitrogen functional groups attached to an aromatic ring is 1. The number of aromatic nitrogens is 2. The van der Waals surface area contributed by atoms with Gasteiger partial charge in [-0.25, -0.2) is 9.37 Å². The number of nitriles is 1. The van der Waals surface area contributed by atoms with Gasteiger partial charge in [-0.15, -0.1) is 0 Å². The highest BCUT2D eigenvalue weighted by Crippen LogP contribution is 2.42. The predicted octanol–water partition coefficient (Wildman–Crippen LogP) is 3.67. The fourth-order valence-electron chi connectivity index (χ4n) is 6.17. The third kappa shape index (κ3) is 4.88. The lowest BCUT2D eigenvalue weighted by atomic mass is 9.83. The first-order valence-electron chi connectivity index (χ1n) is 12.1. The zero-order chi connectivity index (χ0) is 24.7. The Morgan fingerprint density at radius 1 is 1.31 bits per heavy atom. The fourth-order valence-corrected chi connectivity index (χ4v) is 6.30. The standard InChI is InChI=1S/C25H31ClFN7O/c1-25(2)10-18(31-23-20(27)12-30-24(26)32-23)9-19-8-16(13-34(19)25)22-14-33(5-6-35-22)21-4-3-17(29)7-15(21)11-28/h3-4,7,12,16,18-19,22H,5-6,8-10,13-14,29H2,1-2H3,(H,30,31,32)/t16?,18-,19+,22?/m1/s1. The molecule has 1 aromatic heterocycles. The molecule has 4 atom stereocenters. The number of hydrogen-bond acceptors (Lipinski definition) is 8. The number of fused-ring (bicyclic) bond motifs is 1. The van der Waals surface area contributed by atoms with Crippen molar-refractivity contribution >= 4 is 28.8 Å². The van der Waals surface area contributed by atoms with Crippen LogP contribution in [0.4, 0.5) is 21.6 Å². The van der Waals surface area contributed by atoms with Gasteiger partial charge >= 0.3 is 0 Å². The Labute approximate surface area is 210 Å². The van der Waals surface area contributed by atoms with Crippen molar-refractivity contribution in [1.29, 1.82) is 5.26 Å². The van der Waals surface area contributed by atoms with Crippen molar-refractivity contribution in [2.24, 2.45) is 5.92 Å². The number of benzene rings is 1. The van der Waals surface area contributed by atoms with E-state index in [4.69, 9.17) is 22.1 Å². The number of piperidine rings is 1. The van der Waals surface area contributed by atoms with Gasteiger partial charge in [0.05, 0.1) is 30.2 Å². The molecule has 3 aliphatic heterocycles. The first kappa shape index (κ1) is 24.0. The van der Waals surface area contributed by atoms with E-state index < -0.39 is 5.82 Å². The van der Waals surface area contributed by atoms with Crippen molar-refractivity contribution in [2.75, 3.05) is 42.2 Å². The zero-order valence-electron chi connectivity index (χ0n) is 20.0. The van der Waals surface area contributed by atoms with Crippen LogP contribution in [0, 0.1) is 23.1 Å². The number of morpholine rings is 1. The minimum absolute atomic E-state index is 0.0335. The second kappa shape index (κ2) is 9.41. The molecular formula is C25H31ClFN7O. The van der Waals surface area contributed by atoms with E-state index in [-0.39, 0.29) is 28.8 Å². The van der Waals surface area contributed by atoms with Gasteiger partial charge < -0.3 is 20.7 Å². The van der Waals surface area contributed by atoms with Crippen molar-refractivity contribution in [1.82, 2.24) is 14.9 Å². The number of halogens is 2. The van der Waals surface area contributed by atoms with Crippen LogP contribution in [0.1, 0.15) is 38.7 Å². The monoisotopic (exact) mass is 499 g/mol. The molecule has 4 heterocycles. The number of nitrogens with zero attached hydrogens (tertiary/aromatic N) is 5. The average Bonchev–Trinajstić information content (AvgIpc) is 3.26. The predicted molar refractivity (Wildman–Crippen MR) is 134 cm³/mol. The molecule has 10 heteroatoms. The Bertz CT molecular complexity index is 1140. The largest absolute Gasteiger partial charge is 0.399 e. The summed E-state index contributed by atoms with van der Waals surface area (Å²) < 4.78 is 20.5. The van der Waals surface area contributed by atoms with Crippen LogP contribution in [-0.2, 0) is 4.74 Å². The summed E-state index contributed by atoms with van der Waals surface area (Å²) in [6, 6.07) is 8.25. The van der Waals surface area contributed by atoms with Crippen LogP contribution in [0.2, 0.25) is 5.28 Å². The minimum Gasteiger partial charge on any atom is -0.399 e. The molecule has 0 bridgehead atoms. The van der Waals surface area contributed by atoms with Crippen molar-refractivity contribution in [3.8, 4) is 6.07 Å². The lowest BCUT2D eigenvalue weighted by Crippen LogP contribution is -2.55. The normalized spacial score (nSPS) is 28.4. The molecule has 3 fully saturated rings. The molecule has 0 saturated carbocycles. The summed E-state index contributed by atoms with van der Waals surface area (Å²) in [6.45, 7) is 7.59. The van der Waals surface area contributed by atoms with Gasteiger partial charge in [-0.05, 0) is 62.9 Å². The third-order valence-electron chi connectivity index (χ3n) is 7.68. The maximum absolute atomic E-state index is 14.2. The Morgan fingerprint density at radius 2 is 2.14 bits per heavy atom. The highest BCUT2D eigenvalue weighted by molar-refractivity contribution is 6.28. The molecule has 8 nitrogen and oxygen atoms in total. The average molecular weight is 500 g/mol. The number of anilines is 3. The number of nitrogens with two attached hydrogens (primary N) is 1. The van der Waals surface area contributed by atoms with E-state index in [0.717, 1.165) is 50.8 Å². The molecule has 35 heavy (non-hydrogen) atoms. The Morgan fingerprint density at radius 3 is 2.94 bits per heavy atom. The number of hydrogen-bond donors (Lipinski definition) is 2. The summed E-state index contributed by atoms with van der Waals surface area (Å²) >= 11 is 5.89. The molecule has 1 aromatic carbocycles. The molecule has 5 rings (SSSR count). The SMILES string of the molecule is CC1(C)C[C@H](Nc2nc(Cl)ncc2F)C[C@@H]2CC(C3CN(c4ccc(N)cc4C#N)CCO3)CN21. The third-order valence-corrected chi connectivity index (χ3v) is 7.87. The van der Waals surface area contributed by atoms with Gasteiger partial charge in [0.15, 0.2) is 11.6 Å². The first-order chi connectivity index (χ1) is 16.7. The van der Waals surface area contributed by atoms with Gasteiger partial charge in [0.2, 0.25) is 5.28 Å². The van der Waals surface area contributed by atoms with E-state index >= 15 is 0 Å². The topological polar surface area (TPSA) is 103 Å². The van der Waals surface area contributed by atoms with Gasteiger partial charge in [0.25, 0.3) is 0 Å². The quantitative estimate of drug-likeness (QED) is 0.485. The lowest BCUT2D eigenvalue weighted by molar-refractivity contribution is -0.00139. The highest BCUT2D eigenvalue weighted by Gasteiger charge is 2.48. The summed E-state index contributed by atoms with van der Waals surface area (Å²) in [4.78, 5) is 12.6. The van der Waals surface area contributed by atoms with E-state index in [1.165, 1.54) is 0 Å². The van der Waals surface area contributed by atoms with Crippen molar-refractivity contribution < 1.29 is 9.13 Å². The molecule has 3 saturated heterocycles. The highest BCUT2D eigenvalue weighted by atomic mass is 35.5. The minimum atomic E-state index is -0.492. The number of rotatable bonds is 4. The van der Waals surface area contributed by atoms with Crippen molar-refractivity contribution in [3.05, 3.63) is 41.1 Å². The van der Waals surface area contributed by atoms with Crippen LogP contribution in [0.15, 0.2) is 24.4 Å².